The van der Waals surface area contributed by atoms with Crippen molar-refractivity contribution < 1.29 is 17.6 Å². The largest absolute Gasteiger partial charge is 0.456 e. The molecule has 0 N–H and O–H groups in total. The number of carbonyl (C=O) groups is 1. The van der Waals surface area contributed by atoms with E-state index >= 15 is 0 Å². The number of carbonyl (C=O) groups excluding carboxylic acids is 1. The van der Waals surface area contributed by atoms with Gasteiger partial charge in [0.25, 0.3) is 5.91 Å². The summed E-state index contributed by atoms with van der Waals surface area (Å²) < 4.78 is 30.8. The molecular weight excluding hydrogens is 304 g/mol. The van der Waals surface area contributed by atoms with E-state index in [0.717, 1.165) is 12.2 Å². The summed E-state index contributed by atoms with van der Waals surface area (Å²) in [5, 5.41) is 0. The van der Waals surface area contributed by atoms with Gasteiger partial charge in [-0.1, -0.05) is 6.92 Å². The highest BCUT2D eigenvalue weighted by Gasteiger charge is 2.31. The smallest absolute Gasteiger partial charge is 0.289 e. The third kappa shape index (κ3) is 3.52. The van der Waals surface area contributed by atoms with Crippen molar-refractivity contribution in [2.75, 3.05) is 25.9 Å². The third-order valence-electron chi connectivity index (χ3n) is 4.29. The second-order valence-electron chi connectivity index (χ2n) is 5.56. The average Bonchev–Trinajstić information content (AvgIpc) is 3.02. The third-order valence-corrected chi connectivity index (χ3v) is 6.20. The Morgan fingerprint density at radius 1 is 1.32 bits per heavy atom. The number of aryl methyl sites for hydroxylation is 1. The molecule has 22 heavy (non-hydrogen) atoms. The van der Waals surface area contributed by atoms with Crippen molar-refractivity contribution in [2.24, 2.45) is 0 Å². The Balaban J connectivity index is 1.96. The van der Waals surface area contributed by atoms with Crippen LogP contribution in [0.2, 0.25) is 0 Å². The Labute approximate surface area is 132 Å². The first kappa shape index (κ1) is 17.0. The van der Waals surface area contributed by atoms with E-state index in [0.29, 0.717) is 31.7 Å². The van der Waals surface area contributed by atoms with Crippen LogP contribution < -0.4 is 0 Å². The highest BCUT2D eigenvalue weighted by molar-refractivity contribution is 7.89. The van der Waals surface area contributed by atoms with Crippen molar-refractivity contribution in [3.05, 3.63) is 23.7 Å². The van der Waals surface area contributed by atoms with Crippen LogP contribution in [0.3, 0.4) is 0 Å². The number of sulfonamides is 1. The number of piperidine rings is 1. The Bertz CT molecular complexity index is 615. The van der Waals surface area contributed by atoms with Crippen LogP contribution in [0.4, 0.5) is 0 Å². The number of hydrogen-bond donors (Lipinski definition) is 0. The van der Waals surface area contributed by atoms with Gasteiger partial charge in [-0.15, -0.1) is 0 Å². The molecule has 1 aliphatic rings. The Morgan fingerprint density at radius 2 is 1.95 bits per heavy atom. The fourth-order valence-electron chi connectivity index (χ4n) is 2.70. The number of rotatable bonds is 5. The fourth-order valence-corrected chi connectivity index (χ4v) is 3.77. The number of amides is 1. The Kier molecular flexibility index (Phi) is 5.28. The lowest BCUT2D eigenvalue weighted by atomic mass is 10.1. The van der Waals surface area contributed by atoms with Crippen molar-refractivity contribution in [2.45, 2.75) is 39.2 Å². The summed E-state index contributed by atoms with van der Waals surface area (Å²) >= 11 is 0. The molecule has 0 bridgehead atoms. The van der Waals surface area contributed by atoms with E-state index in [2.05, 4.69) is 0 Å². The van der Waals surface area contributed by atoms with Gasteiger partial charge in [0.2, 0.25) is 10.0 Å². The molecule has 124 valence electrons. The highest BCUT2D eigenvalue weighted by atomic mass is 32.2. The molecule has 0 unspecified atom stereocenters. The normalized spacial score (nSPS) is 17.2. The van der Waals surface area contributed by atoms with E-state index < -0.39 is 10.0 Å². The van der Waals surface area contributed by atoms with Crippen LogP contribution in [0.5, 0.6) is 0 Å². The lowest BCUT2D eigenvalue weighted by Gasteiger charge is -2.35. The molecule has 0 atom stereocenters. The number of hydrogen-bond acceptors (Lipinski definition) is 4. The Hall–Kier alpha value is -1.34. The molecule has 6 nitrogen and oxygen atoms in total. The SMILES string of the molecule is CCc1ccc(C(=O)N2CCC(N(C)S(=O)(=O)CC)CC2)o1. The van der Waals surface area contributed by atoms with Gasteiger partial charge >= 0.3 is 0 Å². The van der Waals surface area contributed by atoms with Crippen LogP contribution in [-0.4, -0.2) is 55.5 Å². The molecule has 0 aliphatic carbocycles. The lowest BCUT2D eigenvalue weighted by Crippen LogP contribution is -2.47. The van der Waals surface area contributed by atoms with Crippen LogP contribution in [0.1, 0.15) is 43.0 Å². The predicted octanol–water partition coefficient (Wildman–Crippen LogP) is 1.73. The first-order valence-corrected chi connectivity index (χ1v) is 9.33. The molecule has 1 fully saturated rings. The minimum atomic E-state index is -3.18. The molecule has 1 aromatic heterocycles. The molecule has 1 aliphatic heterocycles. The zero-order valence-electron chi connectivity index (χ0n) is 13.4. The molecule has 1 saturated heterocycles. The van der Waals surface area contributed by atoms with Crippen LogP contribution >= 0.6 is 0 Å². The summed E-state index contributed by atoms with van der Waals surface area (Å²) in [4.78, 5) is 14.1. The molecule has 2 heterocycles. The van der Waals surface area contributed by atoms with Gasteiger partial charge in [0.05, 0.1) is 5.75 Å². The van der Waals surface area contributed by atoms with Gasteiger partial charge in [0, 0.05) is 32.6 Å². The van der Waals surface area contributed by atoms with Crippen molar-refractivity contribution in [3.63, 3.8) is 0 Å². The summed E-state index contributed by atoms with van der Waals surface area (Å²) in [6, 6.07) is 3.50. The van der Waals surface area contributed by atoms with Crippen LogP contribution in [0.25, 0.3) is 0 Å². The first-order valence-electron chi connectivity index (χ1n) is 7.72. The van der Waals surface area contributed by atoms with Gasteiger partial charge < -0.3 is 9.32 Å². The molecule has 2 rings (SSSR count). The lowest BCUT2D eigenvalue weighted by molar-refractivity contribution is 0.0652. The van der Waals surface area contributed by atoms with Gasteiger partial charge in [-0.2, -0.15) is 0 Å². The van der Waals surface area contributed by atoms with Gasteiger partial charge in [-0.25, -0.2) is 12.7 Å². The van der Waals surface area contributed by atoms with Crippen molar-refractivity contribution in [1.29, 1.82) is 0 Å². The number of nitrogens with zero attached hydrogens (tertiary/aromatic N) is 2. The van der Waals surface area contributed by atoms with E-state index in [1.807, 2.05) is 13.0 Å². The minimum absolute atomic E-state index is 0.0307. The fraction of sp³-hybridized carbons (Fsp3) is 0.667. The summed E-state index contributed by atoms with van der Waals surface area (Å²) in [5.74, 6) is 1.16. The topological polar surface area (TPSA) is 70.8 Å². The zero-order valence-corrected chi connectivity index (χ0v) is 14.2. The monoisotopic (exact) mass is 328 g/mol. The molecular formula is C15H24N2O4S. The summed E-state index contributed by atoms with van der Waals surface area (Å²) in [7, 11) is -1.55. The van der Waals surface area contributed by atoms with Crippen LogP contribution in [0.15, 0.2) is 16.5 Å². The van der Waals surface area contributed by atoms with Gasteiger partial charge in [0.15, 0.2) is 5.76 Å². The zero-order chi connectivity index (χ0) is 16.3. The minimum Gasteiger partial charge on any atom is -0.456 e. The van der Waals surface area contributed by atoms with E-state index in [-0.39, 0.29) is 17.7 Å². The summed E-state index contributed by atoms with van der Waals surface area (Å²) in [5.41, 5.74) is 0. The molecule has 1 aromatic rings. The maximum absolute atomic E-state index is 12.4. The molecule has 1 amide bonds. The van der Waals surface area contributed by atoms with Gasteiger partial charge in [0.1, 0.15) is 5.76 Å². The van der Waals surface area contributed by atoms with Gasteiger partial charge in [-0.3, -0.25) is 4.79 Å². The number of likely N-dealkylation sites (tertiary alicyclic amines) is 1. The van der Waals surface area contributed by atoms with E-state index in [1.54, 1.807) is 24.9 Å². The maximum Gasteiger partial charge on any atom is 0.289 e. The molecule has 0 spiro atoms. The molecule has 7 heteroatoms. The van der Waals surface area contributed by atoms with E-state index in [1.165, 1.54) is 4.31 Å². The molecule has 0 radical (unpaired) electrons. The van der Waals surface area contributed by atoms with Crippen LogP contribution in [-0.2, 0) is 16.4 Å². The van der Waals surface area contributed by atoms with E-state index in [9.17, 15) is 13.2 Å². The Morgan fingerprint density at radius 3 is 2.45 bits per heavy atom. The average molecular weight is 328 g/mol. The van der Waals surface area contributed by atoms with Crippen LogP contribution in [0, 0.1) is 0 Å². The van der Waals surface area contributed by atoms with Crippen molar-refractivity contribution >= 4 is 15.9 Å². The standard InChI is InChI=1S/C15H24N2O4S/c1-4-13-6-7-14(21-13)15(18)17-10-8-12(9-11-17)16(3)22(19,20)5-2/h6-7,12H,4-5,8-11H2,1-3H3. The van der Waals surface area contributed by atoms with Gasteiger partial charge in [-0.05, 0) is 31.9 Å². The summed E-state index contributed by atoms with van der Waals surface area (Å²) in [6.45, 7) is 4.72. The second kappa shape index (κ2) is 6.83. The molecule has 0 saturated carbocycles. The second-order valence-corrected chi connectivity index (χ2v) is 7.88. The highest BCUT2D eigenvalue weighted by Crippen LogP contribution is 2.20. The first-order chi connectivity index (χ1) is 10.4. The maximum atomic E-state index is 12.4. The predicted molar refractivity (Wildman–Crippen MR) is 84.2 cm³/mol. The molecule has 0 aromatic carbocycles. The van der Waals surface area contributed by atoms with Crippen molar-refractivity contribution in [1.82, 2.24) is 9.21 Å². The van der Waals surface area contributed by atoms with E-state index in [4.69, 9.17) is 4.42 Å². The summed E-state index contributed by atoms with van der Waals surface area (Å²) in [6.07, 6.45) is 2.07. The number of furan rings is 1. The quantitative estimate of drug-likeness (QED) is 0.825. The van der Waals surface area contributed by atoms with Crippen molar-refractivity contribution in [3.8, 4) is 0 Å².